The van der Waals surface area contributed by atoms with Crippen LogP contribution in [0.4, 0.5) is 4.79 Å². The fraction of sp³-hybridized carbons (Fsp3) is 0.172. The van der Waals surface area contributed by atoms with Gasteiger partial charge in [-0.15, -0.1) is 0 Å². The minimum absolute atomic E-state index is 0.00334. The fourth-order valence-electron chi connectivity index (χ4n) is 4.72. The predicted molar refractivity (Wildman–Crippen MR) is 157 cm³/mol. The molecule has 1 N–H and O–H groups in total. The molecule has 3 aliphatic heterocycles. The van der Waals surface area contributed by atoms with Gasteiger partial charge in [-0.3, -0.25) is 14.9 Å². The van der Waals surface area contributed by atoms with Gasteiger partial charge in [0.25, 0.3) is 11.1 Å². The number of hydrogen-bond acceptors (Lipinski definition) is 13. The Morgan fingerprint density at radius 1 is 0.818 bits per heavy atom. The number of methoxy groups -OCH3 is 3. The average Bonchev–Trinajstić information content (AvgIpc) is 3.77. The minimum Gasteiger partial charge on any atom is -0.493 e. The summed E-state index contributed by atoms with van der Waals surface area (Å²) in [7, 11) is 4.01. The summed E-state index contributed by atoms with van der Waals surface area (Å²) in [4.78, 5) is 50.7. The van der Waals surface area contributed by atoms with Gasteiger partial charge in [0.1, 0.15) is 5.75 Å². The standard InChI is InChI=1S/C29H20BrNO12S/c1-36-17-8-13(27(33)38-3)20(24-22(17)39-10-41-24)21-14(9-18(37-2)23-25(21)42-11-40-23)28(34)43-16-5-4-12(6-15(16)30)7-19-26(32)31-29(35)44-19/h4-9H,10-11H2,1-3H3,(H,31,32,35)/b19-7-. The van der Waals surface area contributed by atoms with Crippen LogP contribution in [0.15, 0.2) is 39.7 Å². The van der Waals surface area contributed by atoms with E-state index >= 15 is 0 Å². The van der Waals surface area contributed by atoms with E-state index in [4.69, 9.17) is 37.9 Å². The molecule has 226 valence electrons. The first kappa shape index (κ1) is 29.2. The van der Waals surface area contributed by atoms with Crippen molar-refractivity contribution in [3.05, 3.63) is 56.4 Å². The van der Waals surface area contributed by atoms with E-state index in [1.807, 2.05) is 0 Å². The molecule has 3 heterocycles. The van der Waals surface area contributed by atoms with Gasteiger partial charge in [-0.25, -0.2) is 9.59 Å². The zero-order valence-electron chi connectivity index (χ0n) is 23.1. The number of esters is 2. The lowest BCUT2D eigenvalue weighted by Crippen LogP contribution is -2.17. The normalized spacial score (nSPS) is 15.3. The second kappa shape index (κ2) is 11.7. The molecule has 0 atom stereocenters. The molecular formula is C29H20BrNO12S. The van der Waals surface area contributed by atoms with Crippen molar-refractivity contribution in [3.8, 4) is 51.4 Å². The van der Waals surface area contributed by atoms with Gasteiger partial charge in [-0.05, 0) is 63.6 Å². The van der Waals surface area contributed by atoms with Gasteiger partial charge in [0, 0.05) is 11.1 Å². The Kier molecular flexibility index (Phi) is 7.73. The SMILES string of the molecule is COC(=O)c1cc(OC)c2c(c1-c1c(C(=O)Oc3ccc(/C=C4\SC(=O)NC4=O)cc3Br)cc(OC)c3c1OCO3)OCO2. The third-order valence-corrected chi connectivity index (χ3v) is 8.06. The number of carbonyl (C=O) groups excluding carboxylic acids is 4. The Balaban J connectivity index is 1.47. The summed E-state index contributed by atoms with van der Waals surface area (Å²) >= 11 is 4.18. The van der Waals surface area contributed by atoms with Crippen molar-refractivity contribution in [2.45, 2.75) is 0 Å². The summed E-state index contributed by atoms with van der Waals surface area (Å²) in [6.07, 6.45) is 1.53. The number of ether oxygens (including phenoxy) is 8. The van der Waals surface area contributed by atoms with Crippen LogP contribution in [0, 0.1) is 0 Å². The molecule has 0 bridgehead atoms. The lowest BCUT2D eigenvalue weighted by Gasteiger charge is -2.19. The van der Waals surface area contributed by atoms with E-state index in [2.05, 4.69) is 21.2 Å². The van der Waals surface area contributed by atoms with Gasteiger partial charge >= 0.3 is 11.9 Å². The zero-order chi connectivity index (χ0) is 31.1. The van der Waals surface area contributed by atoms with Crippen LogP contribution in [0.2, 0.25) is 0 Å². The molecule has 0 aromatic heterocycles. The van der Waals surface area contributed by atoms with E-state index < -0.39 is 23.1 Å². The van der Waals surface area contributed by atoms with E-state index in [9.17, 15) is 19.2 Å². The molecule has 13 nitrogen and oxygen atoms in total. The van der Waals surface area contributed by atoms with Gasteiger partial charge in [-0.2, -0.15) is 0 Å². The second-order valence-electron chi connectivity index (χ2n) is 9.06. The molecule has 15 heteroatoms. The molecule has 3 aliphatic rings. The summed E-state index contributed by atoms with van der Waals surface area (Å²) in [5.74, 6) is -0.941. The molecule has 0 aliphatic carbocycles. The average molecular weight is 686 g/mol. The molecule has 0 saturated carbocycles. The smallest absolute Gasteiger partial charge is 0.344 e. The molecular weight excluding hydrogens is 666 g/mol. The lowest BCUT2D eigenvalue weighted by molar-refractivity contribution is -0.115. The number of thioether (sulfide) groups is 1. The Morgan fingerprint density at radius 3 is 1.89 bits per heavy atom. The molecule has 44 heavy (non-hydrogen) atoms. The number of fused-ring (bicyclic) bond motifs is 2. The van der Waals surface area contributed by atoms with Crippen LogP contribution in [0.1, 0.15) is 26.3 Å². The number of hydrogen-bond donors (Lipinski definition) is 1. The van der Waals surface area contributed by atoms with Crippen LogP contribution in [0.5, 0.6) is 40.2 Å². The van der Waals surface area contributed by atoms with Gasteiger partial charge < -0.3 is 37.9 Å². The van der Waals surface area contributed by atoms with Gasteiger partial charge in [0.05, 0.1) is 41.8 Å². The molecule has 2 amide bonds. The van der Waals surface area contributed by atoms with Crippen molar-refractivity contribution in [2.75, 3.05) is 34.9 Å². The summed E-state index contributed by atoms with van der Waals surface area (Å²) in [5.41, 5.74) is 0.748. The van der Waals surface area contributed by atoms with Crippen molar-refractivity contribution < 1.29 is 57.1 Å². The highest BCUT2D eigenvalue weighted by atomic mass is 79.9. The minimum atomic E-state index is -0.848. The second-order valence-corrected chi connectivity index (χ2v) is 10.9. The molecule has 1 fully saturated rings. The summed E-state index contributed by atoms with van der Waals surface area (Å²) in [5, 5.41) is 1.73. The highest BCUT2D eigenvalue weighted by Crippen LogP contribution is 2.56. The number of imide groups is 1. The van der Waals surface area contributed by atoms with Gasteiger partial charge in [0.2, 0.25) is 25.1 Å². The van der Waals surface area contributed by atoms with E-state index in [0.717, 1.165) is 11.8 Å². The number of amides is 2. The monoisotopic (exact) mass is 685 g/mol. The summed E-state index contributed by atoms with van der Waals surface area (Å²) < 4.78 is 45.0. The van der Waals surface area contributed by atoms with E-state index in [1.54, 1.807) is 12.1 Å². The number of rotatable bonds is 7. The number of carbonyl (C=O) groups is 4. The Morgan fingerprint density at radius 2 is 1.39 bits per heavy atom. The summed E-state index contributed by atoms with van der Waals surface area (Å²) in [6, 6.07) is 7.55. The Bertz CT molecular complexity index is 1800. The zero-order valence-corrected chi connectivity index (χ0v) is 25.5. The van der Waals surface area contributed by atoms with Crippen LogP contribution < -0.4 is 38.5 Å². The first-order chi connectivity index (χ1) is 21.2. The molecule has 0 unspecified atom stereocenters. The van der Waals surface area contributed by atoms with E-state index in [-0.39, 0.29) is 81.0 Å². The molecule has 0 spiro atoms. The number of halogens is 1. The van der Waals surface area contributed by atoms with Crippen molar-refractivity contribution in [1.82, 2.24) is 5.32 Å². The highest BCUT2D eigenvalue weighted by molar-refractivity contribution is 9.10. The first-order valence-electron chi connectivity index (χ1n) is 12.6. The maximum Gasteiger partial charge on any atom is 0.344 e. The molecule has 0 radical (unpaired) electrons. The van der Waals surface area contributed by atoms with Crippen LogP contribution in [0.3, 0.4) is 0 Å². The van der Waals surface area contributed by atoms with Crippen molar-refractivity contribution >= 4 is 56.9 Å². The number of nitrogens with one attached hydrogen (secondary N) is 1. The van der Waals surface area contributed by atoms with Gasteiger partial charge in [0.15, 0.2) is 23.0 Å². The molecule has 3 aromatic carbocycles. The summed E-state index contributed by atoms with van der Waals surface area (Å²) in [6.45, 7) is -0.368. The number of benzene rings is 3. The lowest BCUT2D eigenvalue weighted by atomic mass is 9.92. The van der Waals surface area contributed by atoms with E-state index in [1.165, 1.54) is 45.6 Å². The molecule has 3 aromatic rings. The van der Waals surface area contributed by atoms with Crippen LogP contribution >= 0.6 is 27.7 Å². The van der Waals surface area contributed by atoms with Crippen molar-refractivity contribution in [2.24, 2.45) is 0 Å². The van der Waals surface area contributed by atoms with E-state index in [0.29, 0.717) is 10.0 Å². The van der Waals surface area contributed by atoms with Gasteiger partial charge in [-0.1, -0.05) is 6.07 Å². The molecule has 1 saturated heterocycles. The quantitative estimate of drug-likeness (QED) is 0.203. The maximum absolute atomic E-state index is 13.9. The Hall–Kier alpha value is -4.89. The third-order valence-electron chi connectivity index (χ3n) is 6.63. The van der Waals surface area contributed by atoms with Crippen molar-refractivity contribution in [1.29, 1.82) is 0 Å². The van der Waals surface area contributed by atoms with Crippen LogP contribution in [-0.2, 0) is 9.53 Å². The fourth-order valence-corrected chi connectivity index (χ4v) is 5.88. The first-order valence-corrected chi connectivity index (χ1v) is 14.2. The van der Waals surface area contributed by atoms with Crippen LogP contribution in [0.25, 0.3) is 17.2 Å². The molecule has 6 rings (SSSR count). The maximum atomic E-state index is 13.9. The highest BCUT2D eigenvalue weighted by Gasteiger charge is 2.38. The Labute approximate surface area is 261 Å². The largest absolute Gasteiger partial charge is 0.493 e. The van der Waals surface area contributed by atoms with Crippen molar-refractivity contribution in [3.63, 3.8) is 0 Å². The third kappa shape index (κ3) is 5.03. The predicted octanol–water partition coefficient (Wildman–Crippen LogP) is 4.92. The topological polar surface area (TPSA) is 154 Å². The van der Waals surface area contributed by atoms with Crippen LogP contribution in [-0.4, -0.2) is 58.0 Å².